The first-order chi connectivity index (χ1) is 21.4. The second kappa shape index (κ2) is 12.7. The molecule has 1 aromatic heterocycles. The zero-order chi connectivity index (χ0) is 30.6. The molecule has 2 fully saturated rings. The highest BCUT2D eigenvalue weighted by molar-refractivity contribution is 8.00. The average molecular weight is 610 g/mol. The Balaban J connectivity index is 1.19. The van der Waals surface area contributed by atoms with E-state index in [2.05, 4.69) is 9.88 Å². The van der Waals surface area contributed by atoms with Gasteiger partial charge >= 0.3 is 5.97 Å². The van der Waals surface area contributed by atoms with E-state index in [9.17, 15) is 24.5 Å². The summed E-state index contributed by atoms with van der Waals surface area (Å²) in [7, 11) is 0. The summed E-state index contributed by atoms with van der Waals surface area (Å²) in [5, 5.41) is 13.0. The molecule has 2 aliphatic heterocycles. The van der Waals surface area contributed by atoms with Crippen molar-refractivity contribution in [3.05, 3.63) is 142 Å². The number of hydrogen-bond donors (Lipinski definition) is 1. The number of carbonyl (C=O) groups is 3. The maximum absolute atomic E-state index is 13.6. The van der Waals surface area contributed by atoms with Crippen LogP contribution in [0.4, 0.5) is 5.69 Å². The van der Waals surface area contributed by atoms with Crippen molar-refractivity contribution < 1.29 is 28.6 Å². The van der Waals surface area contributed by atoms with E-state index in [0.29, 0.717) is 12.1 Å². The van der Waals surface area contributed by atoms with Gasteiger partial charge in [0, 0.05) is 29.8 Å². The molecule has 44 heavy (non-hydrogen) atoms. The number of thioether (sulfide) groups is 1. The predicted octanol–water partition coefficient (Wildman–Crippen LogP) is 3.73. The Hall–Kier alpha value is -5.03. The lowest BCUT2D eigenvalue weighted by Gasteiger charge is -2.43. The number of pyridine rings is 1. The van der Waals surface area contributed by atoms with E-state index >= 15 is 0 Å². The second-order valence-corrected chi connectivity index (χ2v) is 11.9. The summed E-state index contributed by atoms with van der Waals surface area (Å²) in [5.41, 5.74) is 3.32. The van der Waals surface area contributed by atoms with Crippen molar-refractivity contribution in [2.45, 2.75) is 42.3 Å². The van der Waals surface area contributed by atoms with Crippen LogP contribution in [0.5, 0.6) is 0 Å². The van der Waals surface area contributed by atoms with Crippen LogP contribution in [-0.4, -0.2) is 45.1 Å². The van der Waals surface area contributed by atoms with E-state index in [1.54, 1.807) is 0 Å². The van der Waals surface area contributed by atoms with Crippen LogP contribution >= 0.6 is 11.8 Å². The topological polar surface area (TPSA) is 123 Å². The maximum atomic E-state index is 13.6. The molecule has 0 spiro atoms. The second-order valence-electron chi connectivity index (χ2n) is 10.7. The van der Waals surface area contributed by atoms with Gasteiger partial charge in [0.25, 0.3) is 5.69 Å². The number of carbonyl (C=O) groups excluding carboxylic acids is 3. The fourth-order valence-electron chi connectivity index (χ4n) is 5.45. The number of nitrogens with one attached hydrogen (secondary N) is 1. The Morgan fingerprint density at radius 3 is 2.23 bits per heavy atom. The van der Waals surface area contributed by atoms with Crippen LogP contribution in [0.3, 0.4) is 0 Å². The van der Waals surface area contributed by atoms with Gasteiger partial charge in [0.2, 0.25) is 11.8 Å². The van der Waals surface area contributed by atoms with Crippen LogP contribution in [0.25, 0.3) is 0 Å². The van der Waals surface area contributed by atoms with Crippen LogP contribution in [0.2, 0.25) is 0 Å². The van der Waals surface area contributed by atoms with Gasteiger partial charge < -0.3 is 15.0 Å². The van der Waals surface area contributed by atoms with Crippen molar-refractivity contribution in [3.63, 3.8) is 0 Å². The first-order valence-electron chi connectivity index (χ1n) is 14.1. The molecule has 222 valence electrons. The van der Waals surface area contributed by atoms with Crippen LogP contribution < -0.4 is 9.88 Å². The zero-order valence-electron chi connectivity index (χ0n) is 23.5. The fourth-order valence-corrected chi connectivity index (χ4v) is 7.16. The maximum Gasteiger partial charge on any atom is 0.330 e. The zero-order valence-corrected chi connectivity index (χ0v) is 24.3. The van der Waals surface area contributed by atoms with E-state index < -0.39 is 33.6 Å². The number of non-ortho nitro benzene ring substituents is 1. The van der Waals surface area contributed by atoms with Gasteiger partial charge in [0.1, 0.15) is 24.1 Å². The molecular formula is C33H29N4O6S+. The highest BCUT2D eigenvalue weighted by Crippen LogP contribution is 2.52. The number of nitro groups is 1. The van der Waals surface area contributed by atoms with Gasteiger partial charge in [-0.3, -0.25) is 19.7 Å². The number of fused-ring (bicyclic) bond motifs is 1. The van der Waals surface area contributed by atoms with Gasteiger partial charge in [0.05, 0.1) is 16.6 Å². The number of esters is 1. The summed E-state index contributed by atoms with van der Waals surface area (Å²) in [6, 6.07) is 27.2. The van der Waals surface area contributed by atoms with Crippen LogP contribution in [0.15, 0.2) is 109 Å². The number of β-lactam (4-membered cyclic amide) rings is 1. The minimum atomic E-state index is -0.896. The van der Waals surface area contributed by atoms with Crippen molar-refractivity contribution >= 4 is 35.2 Å². The van der Waals surface area contributed by atoms with Gasteiger partial charge in [-0.25, -0.2) is 9.36 Å². The number of hydrogen-bond acceptors (Lipinski definition) is 7. The summed E-state index contributed by atoms with van der Waals surface area (Å²) in [4.78, 5) is 51.7. The highest BCUT2D eigenvalue weighted by atomic mass is 32.2. The molecule has 0 radical (unpaired) electrons. The monoisotopic (exact) mass is 609 g/mol. The number of rotatable bonds is 10. The van der Waals surface area contributed by atoms with Crippen molar-refractivity contribution in [2.75, 3.05) is 0 Å². The van der Waals surface area contributed by atoms with Gasteiger partial charge in [-0.1, -0.05) is 60.7 Å². The molecule has 2 amide bonds. The average Bonchev–Trinajstić information content (AvgIpc) is 3.40. The van der Waals surface area contributed by atoms with Crippen LogP contribution in [0.1, 0.15) is 27.5 Å². The smallest absolute Gasteiger partial charge is 0.330 e. The molecule has 10 nitrogen and oxygen atoms in total. The Morgan fingerprint density at radius 1 is 0.886 bits per heavy atom. The standard InChI is InChI=1S/C33H28N4O6S/c38-27(19-22-7-3-1-4-8-22)34-28-31(39)36-29(33(40)43-21-24-11-15-26(16-12-24)37(41)42)30(44-32(28)36)25-13-9-23(10-14-25)20-35-17-5-2-6-18-35/h1-18,28-30,32H,19-21H2/p+1/t28-,29-,30+,32-/m1/s1. The molecular weight excluding hydrogens is 580 g/mol. The number of aromatic nitrogens is 1. The third kappa shape index (κ3) is 6.18. The third-order valence-electron chi connectivity index (χ3n) is 7.70. The minimum Gasteiger partial charge on any atom is -0.459 e. The highest BCUT2D eigenvalue weighted by Gasteiger charge is 2.61. The summed E-state index contributed by atoms with van der Waals surface area (Å²) >= 11 is 1.46. The predicted molar refractivity (Wildman–Crippen MR) is 162 cm³/mol. The number of nitrogens with zero attached hydrogens (tertiary/aromatic N) is 3. The van der Waals surface area contributed by atoms with Gasteiger partial charge in [-0.15, -0.1) is 11.8 Å². The van der Waals surface area contributed by atoms with Gasteiger partial charge in [-0.2, -0.15) is 0 Å². The number of nitro benzene ring substituents is 1. The minimum absolute atomic E-state index is 0.0594. The molecule has 2 saturated heterocycles. The number of amides is 2. The molecule has 1 N–H and O–H groups in total. The molecule has 0 aliphatic carbocycles. The lowest BCUT2D eigenvalue weighted by atomic mass is 9.97. The van der Waals surface area contributed by atoms with E-state index in [1.165, 1.54) is 40.9 Å². The fraction of sp³-hybridized carbons (Fsp3) is 0.212. The van der Waals surface area contributed by atoms with Crippen molar-refractivity contribution in [1.29, 1.82) is 0 Å². The lowest BCUT2D eigenvalue weighted by Crippen LogP contribution is -2.70. The molecule has 4 atom stereocenters. The van der Waals surface area contributed by atoms with Crippen LogP contribution in [0, 0.1) is 10.1 Å². The van der Waals surface area contributed by atoms with E-state index in [4.69, 9.17) is 4.74 Å². The van der Waals surface area contributed by atoms with E-state index in [0.717, 1.165) is 16.7 Å². The molecule has 0 saturated carbocycles. The largest absolute Gasteiger partial charge is 0.459 e. The van der Waals surface area contributed by atoms with Crippen molar-refractivity contribution in [1.82, 2.24) is 10.2 Å². The number of benzene rings is 3. The lowest BCUT2D eigenvalue weighted by molar-refractivity contribution is -0.688. The Labute approximate surface area is 257 Å². The summed E-state index contributed by atoms with van der Waals surface area (Å²) in [5.74, 6) is -1.17. The quantitative estimate of drug-likeness (QED) is 0.0956. The first-order valence-corrected chi connectivity index (χ1v) is 15.1. The molecule has 3 heterocycles. The summed E-state index contributed by atoms with van der Waals surface area (Å²) < 4.78 is 7.72. The molecule has 3 aromatic carbocycles. The molecule has 2 aliphatic rings. The van der Waals surface area contributed by atoms with Crippen molar-refractivity contribution in [3.8, 4) is 0 Å². The van der Waals surface area contributed by atoms with E-state index in [1.807, 2.05) is 85.2 Å². The molecule has 11 heteroatoms. The first kappa shape index (κ1) is 29.1. The van der Waals surface area contributed by atoms with Crippen LogP contribution in [-0.2, 0) is 38.7 Å². The van der Waals surface area contributed by atoms with Crippen molar-refractivity contribution in [2.24, 2.45) is 0 Å². The molecule has 4 aromatic rings. The Morgan fingerprint density at radius 2 is 1.55 bits per heavy atom. The van der Waals surface area contributed by atoms with Gasteiger partial charge in [-0.05, 0) is 28.8 Å². The molecule has 0 bridgehead atoms. The normalized spacial score (nSPS) is 20.4. The number of ether oxygens (including phenoxy) is 1. The Bertz CT molecular complexity index is 1670. The Kier molecular flexibility index (Phi) is 8.38. The third-order valence-corrected chi connectivity index (χ3v) is 9.30. The summed E-state index contributed by atoms with van der Waals surface area (Å²) in [6.45, 7) is 0.588. The van der Waals surface area contributed by atoms with Gasteiger partial charge in [0.15, 0.2) is 18.9 Å². The van der Waals surface area contributed by atoms with E-state index in [-0.39, 0.29) is 30.5 Å². The SMILES string of the molecule is O=C(Cc1ccccc1)N[C@@H]1C(=O)N2[C@@H]1S[C@@H](c1ccc(C[n+]3ccccc3)cc1)[C@@H]2C(=O)OCc1ccc([N+](=O)[O-])cc1. The molecule has 0 unspecified atom stereocenters. The summed E-state index contributed by atoms with van der Waals surface area (Å²) in [6.07, 6.45) is 4.12. The molecule has 6 rings (SSSR count).